The van der Waals surface area contributed by atoms with Crippen LogP contribution in [0.2, 0.25) is 0 Å². The molecule has 0 fully saturated rings. The molecule has 0 spiro atoms. The van der Waals surface area contributed by atoms with Crippen LogP contribution in [0.15, 0.2) is 4.47 Å². The summed E-state index contributed by atoms with van der Waals surface area (Å²) < 4.78 is 13.8. The molecule has 0 saturated carbocycles. The van der Waals surface area contributed by atoms with Gasteiger partial charge in [0.25, 0.3) is 0 Å². The summed E-state index contributed by atoms with van der Waals surface area (Å²) in [6, 6.07) is 0. The zero-order valence-corrected chi connectivity index (χ0v) is 5.36. The quantitative estimate of drug-likeness (QED) is 0.392. The first-order chi connectivity index (χ1) is 3.12. The third-order valence-corrected chi connectivity index (χ3v) is 2.28. The SMILES string of the molecule is CCS(C)(=O)=NN. The van der Waals surface area contributed by atoms with Crippen LogP contribution < -0.4 is 5.84 Å². The van der Waals surface area contributed by atoms with Crippen molar-refractivity contribution in [1.82, 2.24) is 0 Å². The summed E-state index contributed by atoms with van der Waals surface area (Å²) in [5.74, 6) is 5.30. The smallest absolute Gasteiger partial charge is 0.0603 e. The lowest BCUT2D eigenvalue weighted by Crippen LogP contribution is -2.01. The highest BCUT2D eigenvalue weighted by Crippen LogP contribution is 1.82. The fraction of sp³-hybridized carbons (Fsp3) is 1.00. The van der Waals surface area contributed by atoms with E-state index >= 15 is 0 Å². The van der Waals surface area contributed by atoms with Crippen LogP contribution in [0.1, 0.15) is 6.92 Å². The van der Waals surface area contributed by atoms with Gasteiger partial charge >= 0.3 is 0 Å². The molecule has 0 radical (unpaired) electrons. The van der Waals surface area contributed by atoms with Gasteiger partial charge in [-0.15, -0.1) is 0 Å². The third-order valence-electron chi connectivity index (χ3n) is 0.759. The minimum absolute atomic E-state index is 0.531. The second-order valence-electron chi connectivity index (χ2n) is 1.35. The van der Waals surface area contributed by atoms with E-state index < -0.39 is 9.73 Å². The molecule has 4 heteroatoms. The van der Waals surface area contributed by atoms with Gasteiger partial charge in [-0.2, -0.15) is 4.47 Å². The first-order valence-electron chi connectivity index (χ1n) is 2.01. The van der Waals surface area contributed by atoms with Crippen molar-refractivity contribution in [2.45, 2.75) is 6.92 Å². The minimum atomic E-state index is -2.00. The van der Waals surface area contributed by atoms with Crippen molar-refractivity contribution < 1.29 is 4.21 Å². The van der Waals surface area contributed by atoms with Crippen molar-refractivity contribution in [3.05, 3.63) is 0 Å². The molecule has 0 aromatic heterocycles. The molecule has 0 amide bonds. The highest BCUT2D eigenvalue weighted by molar-refractivity contribution is 7.92. The van der Waals surface area contributed by atoms with Crippen LogP contribution in [0, 0.1) is 0 Å². The summed E-state index contributed by atoms with van der Waals surface area (Å²) in [6.45, 7) is 1.79. The van der Waals surface area contributed by atoms with Crippen LogP contribution in [-0.4, -0.2) is 16.2 Å². The largest absolute Gasteiger partial charge is 0.249 e. The van der Waals surface area contributed by atoms with Gasteiger partial charge in [0, 0.05) is 12.0 Å². The first kappa shape index (κ1) is 6.91. The van der Waals surface area contributed by atoms with Gasteiger partial charge in [0.1, 0.15) is 0 Å². The highest BCUT2D eigenvalue weighted by atomic mass is 32.2. The maximum Gasteiger partial charge on any atom is 0.0603 e. The predicted octanol–water partition coefficient (Wildman–Crippen LogP) is -0.0222. The van der Waals surface area contributed by atoms with Gasteiger partial charge in [-0.05, 0) is 0 Å². The average Bonchev–Trinajstić information content (AvgIpc) is 1.68. The van der Waals surface area contributed by atoms with E-state index in [0.29, 0.717) is 5.75 Å². The van der Waals surface area contributed by atoms with Crippen LogP contribution in [0.3, 0.4) is 0 Å². The number of nitrogens with two attached hydrogens (primary N) is 1. The fourth-order valence-electron chi connectivity index (χ4n) is 0.0745. The Morgan fingerprint density at radius 1 is 1.86 bits per heavy atom. The third kappa shape index (κ3) is 2.59. The van der Waals surface area contributed by atoms with Crippen LogP contribution in [0.5, 0.6) is 0 Å². The number of nitrogens with zero attached hydrogens (tertiary/aromatic N) is 1. The summed E-state index contributed by atoms with van der Waals surface area (Å²) in [4.78, 5) is 0. The Morgan fingerprint density at radius 3 is 2.29 bits per heavy atom. The van der Waals surface area contributed by atoms with Gasteiger partial charge in [-0.3, -0.25) is 0 Å². The van der Waals surface area contributed by atoms with Crippen LogP contribution in [0.25, 0.3) is 0 Å². The second-order valence-corrected chi connectivity index (χ2v) is 4.06. The van der Waals surface area contributed by atoms with Crippen LogP contribution >= 0.6 is 0 Å². The number of hydrogen-bond acceptors (Lipinski definition) is 2. The molecule has 0 rings (SSSR count). The van der Waals surface area contributed by atoms with Gasteiger partial charge in [0.15, 0.2) is 0 Å². The van der Waals surface area contributed by atoms with Gasteiger partial charge in [0.05, 0.1) is 9.73 Å². The Morgan fingerprint density at radius 2 is 2.29 bits per heavy atom. The maximum absolute atomic E-state index is 10.6. The molecule has 0 aliphatic heterocycles. The summed E-state index contributed by atoms with van der Waals surface area (Å²) in [7, 11) is -2.00. The Bertz CT molecular complexity index is 145. The van der Waals surface area contributed by atoms with Gasteiger partial charge in [-0.25, -0.2) is 10.1 Å². The zero-order valence-electron chi connectivity index (χ0n) is 4.55. The van der Waals surface area contributed by atoms with Crippen molar-refractivity contribution in [1.29, 1.82) is 0 Å². The molecule has 0 aliphatic carbocycles. The van der Waals surface area contributed by atoms with Crippen molar-refractivity contribution in [3.8, 4) is 0 Å². The van der Waals surface area contributed by atoms with Crippen LogP contribution in [-0.2, 0) is 9.73 Å². The molecular weight excluding hydrogens is 112 g/mol. The van der Waals surface area contributed by atoms with Crippen LogP contribution in [0.4, 0.5) is 0 Å². The molecule has 0 aromatic carbocycles. The summed E-state index contributed by atoms with van der Waals surface area (Å²) in [5.41, 5.74) is 0. The molecule has 0 aromatic rings. The number of rotatable bonds is 1. The molecule has 1 atom stereocenters. The van der Waals surface area contributed by atoms with E-state index in [1.165, 1.54) is 6.26 Å². The molecule has 2 N–H and O–H groups in total. The van der Waals surface area contributed by atoms with E-state index in [-0.39, 0.29) is 0 Å². The van der Waals surface area contributed by atoms with Gasteiger partial charge < -0.3 is 0 Å². The molecule has 1 unspecified atom stereocenters. The highest BCUT2D eigenvalue weighted by Gasteiger charge is 1.89. The normalized spacial score (nSPS) is 18.1. The molecule has 0 bridgehead atoms. The lowest BCUT2D eigenvalue weighted by Gasteiger charge is -1.91. The molecule has 3 nitrogen and oxygen atoms in total. The Labute approximate surface area is 44.1 Å². The van der Waals surface area contributed by atoms with Crippen molar-refractivity contribution in [3.63, 3.8) is 0 Å². The van der Waals surface area contributed by atoms with E-state index in [1.54, 1.807) is 6.92 Å². The van der Waals surface area contributed by atoms with Crippen molar-refractivity contribution >= 4 is 9.73 Å². The molecular formula is C3H10N2OS. The van der Waals surface area contributed by atoms with E-state index in [1.807, 2.05) is 0 Å². The van der Waals surface area contributed by atoms with Crippen molar-refractivity contribution in [2.24, 2.45) is 10.3 Å². The monoisotopic (exact) mass is 122 g/mol. The summed E-state index contributed by atoms with van der Waals surface area (Å²) in [5, 5.41) is 0. The van der Waals surface area contributed by atoms with Crippen molar-refractivity contribution in [2.75, 3.05) is 12.0 Å². The second kappa shape index (κ2) is 2.28. The van der Waals surface area contributed by atoms with E-state index in [2.05, 4.69) is 4.47 Å². The Kier molecular flexibility index (Phi) is 2.25. The molecule has 7 heavy (non-hydrogen) atoms. The molecule has 44 valence electrons. The first-order valence-corrected chi connectivity index (χ1v) is 4.10. The predicted molar refractivity (Wildman–Crippen MR) is 31.2 cm³/mol. The Balaban J connectivity index is 4.17. The van der Waals surface area contributed by atoms with Gasteiger partial charge in [0.2, 0.25) is 0 Å². The average molecular weight is 122 g/mol. The fourth-order valence-corrected chi connectivity index (χ4v) is 0.224. The Hall–Kier alpha value is -0.0900. The van der Waals surface area contributed by atoms with E-state index in [0.717, 1.165) is 0 Å². The van der Waals surface area contributed by atoms with Gasteiger partial charge in [-0.1, -0.05) is 6.92 Å². The zero-order chi connectivity index (χ0) is 5.91. The lowest BCUT2D eigenvalue weighted by atomic mass is 11.0. The molecule has 0 heterocycles. The van der Waals surface area contributed by atoms with E-state index in [4.69, 9.17) is 5.84 Å². The molecule has 0 saturated heterocycles. The lowest BCUT2D eigenvalue weighted by molar-refractivity contribution is 0.680. The minimum Gasteiger partial charge on any atom is -0.249 e. The standard InChI is InChI=1S/C3H10N2OS/c1-3-7(2,6)5-4/h3-4H2,1-2H3. The van der Waals surface area contributed by atoms with E-state index in [9.17, 15) is 4.21 Å². The summed E-state index contributed by atoms with van der Waals surface area (Å²) >= 11 is 0. The number of hydrogen-bond donors (Lipinski definition) is 1. The maximum atomic E-state index is 10.6. The summed E-state index contributed by atoms with van der Waals surface area (Å²) in [6.07, 6.45) is 1.53. The topological polar surface area (TPSA) is 55.5 Å². The molecule has 0 aliphatic rings.